The van der Waals surface area contributed by atoms with Crippen LogP contribution in [0.15, 0.2) is 42.5 Å². The largest absolute Gasteiger partial charge is 0.494 e. The first-order chi connectivity index (χ1) is 11.0. The Morgan fingerprint density at radius 2 is 1.91 bits per heavy atom. The number of aryl methyl sites for hydroxylation is 1. The van der Waals surface area contributed by atoms with Crippen molar-refractivity contribution in [3.63, 3.8) is 0 Å². The summed E-state index contributed by atoms with van der Waals surface area (Å²) in [7, 11) is 1.33. The van der Waals surface area contributed by atoms with Gasteiger partial charge in [-0.15, -0.1) is 0 Å². The summed E-state index contributed by atoms with van der Waals surface area (Å²) >= 11 is 0. The fourth-order valence-electron chi connectivity index (χ4n) is 1.91. The van der Waals surface area contributed by atoms with E-state index in [1.165, 1.54) is 19.2 Å². The van der Waals surface area contributed by atoms with E-state index in [4.69, 9.17) is 9.47 Å². The normalized spacial score (nSPS) is 10.0. The van der Waals surface area contributed by atoms with Crippen LogP contribution < -0.4 is 10.1 Å². The van der Waals surface area contributed by atoms with Gasteiger partial charge in [-0.25, -0.2) is 9.18 Å². The fourth-order valence-corrected chi connectivity index (χ4v) is 1.91. The highest BCUT2D eigenvalue weighted by Gasteiger charge is 2.13. The number of carbonyl (C=O) groups is 2. The second-order valence-corrected chi connectivity index (χ2v) is 4.79. The van der Waals surface area contributed by atoms with Crippen molar-refractivity contribution in [2.75, 3.05) is 19.0 Å². The van der Waals surface area contributed by atoms with E-state index in [0.717, 1.165) is 11.6 Å². The first kappa shape index (κ1) is 16.5. The van der Waals surface area contributed by atoms with Crippen molar-refractivity contribution >= 4 is 17.6 Å². The summed E-state index contributed by atoms with van der Waals surface area (Å²) in [4.78, 5) is 23.6. The van der Waals surface area contributed by atoms with Crippen LogP contribution in [-0.2, 0) is 9.53 Å². The zero-order chi connectivity index (χ0) is 16.8. The lowest BCUT2D eigenvalue weighted by atomic mass is 10.2. The molecule has 0 aliphatic heterocycles. The van der Waals surface area contributed by atoms with E-state index < -0.39 is 24.3 Å². The third-order valence-electron chi connectivity index (χ3n) is 3.14. The number of benzene rings is 2. The molecule has 0 radical (unpaired) electrons. The Morgan fingerprint density at radius 1 is 1.17 bits per heavy atom. The van der Waals surface area contributed by atoms with Crippen LogP contribution in [0.4, 0.5) is 10.1 Å². The Kier molecular flexibility index (Phi) is 5.30. The molecule has 1 N–H and O–H groups in total. The van der Waals surface area contributed by atoms with E-state index in [2.05, 4.69) is 5.32 Å². The van der Waals surface area contributed by atoms with E-state index in [1.807, 2.05) is 19.1 Å². The molecule has 0 fully saturated rings. The molecule has 0 saturated heterocycles. The molecule has 0 heterocycles. The molecule has 2 rings (SSSR count). The van der Waals surface area contributed by atoms with Gasteiger partial charge in [-0.3, -0.25) is 4.79 Å². The molecule has 0 unspecified atom stereocenters. The van der Waals surface area contributed by atoms with Gasteiger partial charge >= 0.3 is 5.97 Å². The molecule has 0 atom stereocenters. The summed E-state index contributed by atoms with van der Waals surface area (Å²) < 4.78 is 23.2. The first-order valence-electron chi connectivity index (χ1n) is 6.87. The topological polar surface area (TPSA) is 64.6 Å². The average molecular weight is 317 g/mol. The van der Waals surface area contributed by atoms with Gasteiger partial charge < -0.3 is 14.8 Å². The lowest BCUT2D eigenvalue weighted by Gasteiger charge is -2.09. The molecule has 2 aromatic carbocycles. The van der Waals surface area contributed by atoms with Crippen molar-refractivity contribution in [2.24, 2.45) is 0 Å². The van der Waals surface area contributed by atoms with Gasteiger partial charge in [0.15, 0.2) is 18.2 Å². The van der Waals surface area contributed by atoms with E-state index >= 15 is 0 Å². The average Bonchev–Trinajstić information content (AvgIpc) is 2.54. The smallest absolute Gasteiger partial charge is 0.338 e. The molecule has 0 aliphatic carbocycles. The Labute approximate surface area is 133 Å². The van der Waals surface area contributed by atoms with Gasteiger partial charge in [0.1, 0.15) is 0 Å². The van der Waals surface area contributed by atoms with E-state index in [-0.39, 0.29) is 11.3 Å². The zero-order valence-electron chi connectivity index (χ0n) is 12.8. The lowest BCUT2D eigenvalue weighted by molar-refractivity contribution is -0.119. The van der Waals surface area contributed by atoms with Crippen LogP contribution in [0, 0.1) is 12.7 Å². The van der Waals surface area contributed by atoms with Gasteiger partial charge in [0.2, 0.25) is 0 Å². The molecule has 2 aromatic rings. The highest BCUT2D eigenvalue weighted by atomic mass is 19.1. The van der Waals surface area contributed by atoms with Crippen LogP contribution in [-0.4, -0.2) is 25.6 Å². The molecule has 1 amide bonds. The molecule has 0 aliphatic rings. The summed E-state index contributed by atoms with van der Waals surface area (Å²) in [5.74, 6) is -1.90. The Bertz CT molecular complexity index is 730. The lowest BCUT2D eigenvalue weighted by Crippen LogP contribution is -2.21. The second-order valence-electron chi connectivity index (χ2n) is 4.79. The third-order valence-corrected chi connectivity index (χ3v) is 3.14. The van der Waals surface area contributed by atoms with Crippen molar-refractivity contribution in [3.8, 4) is 5.75 Å². The minimum Gasteiger partial charge on any atom is -0.494 e. The van der Waals surface area contributed by atoms with Crippen molar-refractivity contribution in [3.05, 3.63) is 59.4 Å². The molecule has 23 heavy (non-hydrogen) atoms. The number of anilines is 1. The highest BCUT2D eigenvalue weighted by Crippen LogP contribution is 2.18. The van der Waals surface area contributed by atoms with Crippen LogP contribution in [0.3, 0.4) is 0 Å². The van der Waals surface area contributed by atoms with E-state index in [0.29, 0.717) is 5.69 Å². The molecule has 0 spiro atoms. The second kappa shape index (κ2) is 7.40. The number of ether oxygens (including phenoxy) is 2. The van der Waals surface area contributed by atoms with Gasteiger partial charge in [0.05, 0.1) is 12.7 Å². The van der Waals surface area contributed by atoms with E-state index in [9.17, 15) is 14.0 Å². The maximum atomic E-state index is 13.5. The molecular formula is C17H16FNO4. The number of esters is 1. The number of methoxy groups -OCH3 is 1. The first-order valence-corrected chi connectivity index (χ1v) is 6.87. The summed E-state index contributed by atoms with van der Waals surface area (Å²) in [5.41, 5.74) is 1.54. The zero-order valence-corrected chi connectivity index (χ0v) is 12.8. The van der Waals surface area contributed by atoms with E-state index in [1.54, 1.807) is 12.1 Å². The van der Waals surface area contributed by atoms with Crippen LogP contribution in [0.5, 0.6) is 5.75 Å². The molecular weight excluding hydrogens is 301 g/mol. The monoisotopic (exact) mass is 317 g/mol. The Hall–Kier alpha value is -2.89. The van der Waals surface area contributed by atoms with Gasteiger partial charge in [0, 0.05) is 5.69 Å². The summed E-state index contributed by atoms with van der Waals surface area (Å²) in [6.45, 7) is 1.39. The van der Waals surface area contributed by atoms with Gasteiger partial charge in [0.25, 0.3) is 5.91 Å². The van der Waals surface area contributed by atoms with Crippen LogP contribution in [0.1, 0.15) is 15.9 Å². The summed E-state index contributed by atoms with van der Waals surface area (Å²) in [6, 6.07) is 10.9. The maximum Gasteiger partial charge on any atom is 0.338 e. The number of halogens is 1. The van der Waals surface area contributed by atoms with Crippen molar-refractivity contribution in [1.29, 1.82) is 0 Å². The number of hydrogen-bond acceptors (Lipinski definition) is 4. The molecule has 5 nitrogen and oxygen atoms in total. The molecule has 120 valence electrons. The number of hydrogen-bond donors (Lipinski definition) is 1. The third kappa shape index (κ3) is 4.29. The van der Waals surface area contributed by atoms with Crippen LogP contribution in [0.25, 0.3) is 0 Å². The van der Waals surface area contributed by atoms with Crippen molar-refractivity contribution in [1.82, 2.24) is 0 Å². The Morgan fingerprint density at radius 3 is 2.57 bits per heavy atom. The minimum absolute atomic E-state index is 0.00647. The fraction of sp³-hybridized carbons (Fsp3) is 0.176. The quantitative estimate of drug-likeness (QED) is 0.861. The molecule has 0 bridgehead atoms. The number of amides is 1. The van der Waals surface area contributed by atoms with Crippen LogP contribution in [0.2, 0.25) is 0 Å². The molecule has 6 heteroatoms. The highest BCUT2D eigenvalue weighted by molar-refractivity contribution is 5.95. The van der Waals surface area contributed by atoms with Crippen molar-refractivity contribution in [2.45, 2.75) is 6.92 Å². The SMILES string of the molecule is COc1ccc(C(=O)OCC(=O)Nc2ccccc2C)cc1F. The molecule has 0 saturated carbocycles. The number of rotatable bonds is 5. The number of para-hydroxylation sites is 1. The standard InChI is InChI=1S/C17H16FNO4/c1-11-5-3-4-6-14(11)19-16(20)10-23-17(21)12-7-8-15(22-2)13(18)9-12/h3-9H,10H2,1-2H3,(H,19,20). The summed E-state index contributed by atoms with van der Waals surface area (Å²) in [5, 5.41) is 2.64. The van der Waals surface area contributed by atoms with Crippen LogP contribution >= 0.6 is 0 Å². The van der Waals surface area contributed by atoms with Gasteiger partial charge in [-0.1, -0.05) is 18.2 Å². The Balaban J connectivity index is 1.92. The summed E-state index contributed by atoms with van der Waals surface area (Å²) in [6.07, 6.45) is 0. The molecule has 0 aromatic heterocycles. The van der Waals surface area contributed by atoms with Gasteiger partial charge in [-0.2, -0.15) is 0 Å². The number of carbonyl (C=O) groups excluding carboxylic acids is 2. The number of nitrogens with one attached hydrogen (secondary N) is 1. The van der Waals surface area contributed by atoms with Crippen molar-refractivity contribution < 1.29 is 23.5 Å². The predicted octanol–water partition coefficient (Wildman–Crippen LogP) is 2.94. The maximum absolute atomic E-state index is 13.5. The minimum atomic E-state index is -0.786. The van der Waals surface area contributed by atoms with Gasteiger partial charge in [-0.05, 0) is 36.8 Å². The predicted molar refractivity (Wildman–Crippen MR) is 83.0 cm³/mol.